The fourth-order valence-corrected chi connectivity index (χ4v) is 5.36. The number of nitrogens with one attached hydrogen (secondary N) is 1. The topological polar surface area (TPSA) is 112 Å². The minimum Gasteiger partial charge on any atom is -0.488 e. The molecule has 37 heavy (non-hydrogen) atoms. The Hall–Kier alpha value is -3.18. The first kappa shape index (κ1) is 26.9. The van der Waals surface area contributed by atoms with Crippen molar-refractivity contribution in [1.82, 2.24) is 20.2 Å². The largest absolute Gasteiger partial charge is 0.488 e. The fraction of sp³-hybridized carbons (Fsp3) is 0.640. The summed E-state index contributed by atoms with van der Waals surface area (Å²) in [4.78, 5) is 29.7. The van der Waals surface area contributed by atoms with Gasteiger partial charge in [-0.3, -0.25) is 9.59 Å². The summed E-state index contributed by atoms with van der Waals surface area (Å²) in [5.74, 6) is -2.05. The normalized spacial score (nSPS) is 20.7. The number of aromatic amines is 1. The summed E-state index contributed by atoms with van der Waals surface area (Å²) in [7, 11) is 3.41. The van der Waals surface area contributed by atoms with Crippen LogP contribution in [0, 0.1) is 5.92 Å². The Balaban J connectivity index is 1.54. The molecular weight excluding hydrogens is 491 g/mol. The molecule has 0 spiro atoms. The number of nitrogens with zero attached hydrogens (tertiary/aromatic N) is 4. The molecule has 2 fully saturated rings. The molecule has 2 atom stereocenters. The van der Waals surface area contributed by atoms with Crippen molar-refractivity contribution in [2.75, 3.05) is 7.05 Å². The molecule has 0 aliphatic heterocycles. The van der Waals surface area contributed by atoms with Gasteiger partial charge in [-0.1, -0.05) is 18.1 Å². The average molecular weight is 525 g/mol. The number of rotatable bonds is 8. The lowest BCUT2D eigenvalue weighted by Crippen LogP contribution is -2.35. The van der Waals surface area contributed by atoms with Crippen LogP contribution in [0.2, 0.25) is 0 Å². The van der Waals surface area contributed by atoms with Crippen molar-refractivity contribution in [3.05, 3.63) is 23.5 Å². The van der Waals surface area contributed by atoms with Crippen LogP contribution in [0.4, 0.5) is 13.2 Å². The zero-order valence-electron chi connectivity index (χ0n) is 21.1. The third kappa shape index (κ3) is 6.22. The highest BCUT2D eigenvalue weighted by molar-refractivity contribution is 5.76. The lowest BCUT2D eigenvalue weighted by molar-refractivity contribution is -0.720. The van der Waals surface area contributed by atoms with Crippen molar-refractivity contribution in [1.29, 1.82) is 0 Å². The van der Waals surface area contributed by atoms with Crippen LogP contribution in [0.5, 0.6) is 5.75 Å². The number of carbonyl (C=O) groups excluding carboxylic acids is 1. The zero-order chi connectivity index (χ0) is 26.7. The molecule has 0 radical (unpaired) electrons. The molecule has 2 saturated carbocycles. The Morgan fingerprint density at radius 1 is 1.19 bits per heavy atom. The third-order valence-corrected chi connectivity index (χ3v) is 7.42. The summed E-state index contributed by atoms with van der Waals surface area (Å²) in [5.41, 5.74) is -0.320. The number of amides is 1. The van der Waals surface area contributed by atoms with Crippen molar-refractivity contribution in [3.8, 4) is 17.1 Å². The molecule has 2 N–H and O–H groups in total. The number of pyridine rings is 1. The number of aromatic nitrogens is 4. The van der Waals surface area contributed by atoms with Crippen molar-refractivity contribution >= 4 is 11.9 Å². The van der Waals surface area contributed by atoms with Crippen molar-refractivity contribution in [2.24, 2.45) is 13.0 Å². The monoisotopic (exact) mass is 524 g/mol. The van der Waals surface area contributed by atoms with E-state index in [1.54, 1.807) is 19.0 Å². The van der Waals surface area contributed by atoms with Gasteiger partial charge < -0.3 is 14.7 Å². The molecule has 2 aromatic rings. The average Bonchev–Trinajstić information content (AvgIpc) is 3.52. The second-order valence-corrected chi connectivity index (χ2v) is 9.99. The first-order chi connectivity index (χ1) is 17.5. The van der Waals surface area contributed by atoms with E-state index in [1.807, 2.05) is 0 Å². The summed E-state index contributed by atoms with van der Waals surface area (Å²) in [6, 6.07) is 2.90. The third-order valence-electron chi connectivity index (χ3n) is 7.42. The summed E-state index contributed by atoms with van der Waals surface area (Å²) < 4.78 is 49.1. The first-order valence-electron chi connectivity index (χ1n) is 12.7. The van der Waals surface area contributed by atoms with E-state index < -0.39 is 35.6 Å². The molecule has 2 aliphatic rings. The molecule has 9 nitrogen and oxygen atoms in total. The van der Waals surface area contributed by atoms with Gasteiger partial charge in [0.25, 0.3) is 0 Å². The molecule has 0 unspecified atom stereocenters. The number of H-pyrrole nitrogens is 1. The first-order valence-corrected chi connectivity index (χ1v) is 12.7. The lowest BCUT2D eigenvalue weighted by atomic mass is 9.87. The minimum atomic E-state index is -4.78. The maximum absolute atomic E-state index is 14.0. The Morgan fingerprint density at radius 2 is 1.92 bits per heavy atom. The zero-order valence-corrected chi connectivity index (χ0v) is 21.1. The van der Waals surface area contributed by atoms with Crippen molar-refractivity contribution in [3.63, 3.8) is 0 Å². The van der Waals surface area contributed by atoms with Gasteiger partial charge in [-0.05, 0) is 50.7 Å². The van der Waals surface area contributed by atoms with E-state index in [0.717, 1.165) is 25.7 Å². The summed E-state index contributed by atoms with van der Waals surface area (Å²) in [6.45, 7) is 0. The van der Waals surface area contributed by atoms with Crippen LogP contribution >= 0.6 is 0 Å². The van der Waals surface area contributed by atoms with Crippen LogP contribution in [0.3, 0.4) is 0 Å². The molecule has 0 aromatic carbocycles. The minimum absolute atomic E-state index is 0.0247. The predicted octanol–water partition coefficient (Wildman–Crippen LogP) is 3.67. The van der Waals surface area contributed by atoms with Gasteiger partial charge >= 0.3 is 12.1 Å². The fourth-order valence-electron chi connectivity index (χ4n) is 5.36. The van der Waals surface area contributed by atoms with Crippen molar-refractivity contribution < 1.29 is 37.3 Å². The van der Waals surface area contributed by atoms with Crippen LogP contribution in [0.25, 0.3) is 11.4 Å². The standard InChI is InChI=1S/C25H32F3N5O4/c1-32(16-7-3-4-8-16)21(34)13-11-19-22(33(2)31-30-19)18-10-12-20(23(29-18)25(26,27)28)37-17-9-5-6-15(14-17)24(35)36/h10,12,15-17H,3-9,11,13-14H2,1-2H3,(H,35,36)/p+1/t15-,17-/m0/s1. The Labute approximate surface area is 213 Å². The Kier molecular flexibility index (Phi) is 8.03. The summed E-state index contributed by atoms with van der Waals surface area (Å²) in [5, 5.41) is 16.2. The molecular formula is C25H33F3N5O4+. The molecule has 0 bridgehead atoms. The maximum Gasteiger partial charge on any atom is 0.437 e. The van der Waals surface area contributed by atoms with Gasteiger partial charge in [0.05, 0.1) is 12.0 Å². The second kappa shape index (κ2) is 11.1. The Morgan fingerprint density at radius 3 is 2.59 bits per heavy atom. The summed E-state index contributed by atoms with van der Waals surface area (Å²) >= 11 is 0. The summed E-state index contributed by atoms with van der Waals surface area (Å²) in [6.07, 6.45) is 0.891. The second-order valence-electron chi connectivity index (χ2n) is 9.99. The van der Waals surface area contributed by atoms with Gasteiger partial charge in [0.2, 0.25) is 17.3 Å². The quantitative estimate of drug-likeness (QED) is 0.510. The van der Waals surface area contributed by atoms with Crippen LogP contribution in [-0.4, -0.2) is 56.4 Å². The van der Waals surface area contributed by atoms with Gasteiger partial charge in [-0.15, -0.1) is 0 Å². The molecule has 0 saturated heterocycles. The molecule has 1 amide bonds. The number of halogens is 3. The van der Waals surface area contributed by atoms with Crippen LogP contribution in [0.15, 0.2) is 12.1 Å². The molecule has 2 heterocycles. The number of alkyl halides is 3. The maximum atomic E-state index is 14.0. The van der Waals surface area contributed by atoms with Gasteiger partial charge in [0, 0.05) is 31.0 Å². The van der Waals surface area contributed by atoms with Crippen LogP contribution in [-0.2, 0) is 29.2 Å². The van der Waals surface area contributed by atoms with Crippen LogP contribution < -0.4 is 9.42 Å². The Bertz CT molecular complexity index is 1130. The molecule has 12 heteroatoms. The molecule has 4 rings (SSSR count). The van der Waals surface area contributed by atoms with E-state index in [0.29, 0.717) is 30.7 Å². The number of ether oxygens (including phenoxy) is 1. The number of carboxylic acid groups (broad SMARTS) is 1. The molecule has 2 aliphatic carbocycles. The van der Waals surface area contributed by atoms with E-state index in [1.165, 1.54) is 16.8 Å². The smallest absolute Gasteiger partial charge is 0.437 e. The number of hydrogen-bond donors (Lipinski definition) is 2. The highest BCUT2D eigenvalue weighted by Crippen LogP contribution is 2.38. The van der Waals surface area contributed by atoms with E-state index in [2.05, 4.69) is 15.3 Å². The highest BCUT2D eigenvalue weighted by Gasteiger charge is 2.39. The van der Waals surface area contributed by atoms with E-state index in [-0.39, 0.29) is 36.9 Å². The van der Waals surface area contributed by atoms with Gasteiger partial charge in [-0.25, -0.2) is 4.98 Å². The predicted molar refractivity (Wildman–Crippen MR) is 125 cm³/mol. The number of hydrogen-bond acceptors (Lipinski definition) is 5. The molecule has 202 valence electrons. The SMILES string of the molecule is CN(C(=O)CCc1n[nH][n+](C)c1-c1ccc(O[C@H]2CCC[C@H](C(=O)O)C2)c(C(F)(F)F)n1)C1CCCC1. The van der Waals surface area contributed by atoms with E-state index in [4.69, 9.17) is 4.74 Å². The highest BCUT2D eigenvalue weighted by atomic mass is 19.4. The number of carboxylic acids is 1. The van der Waals surface area contributed by atoms with E-state index >= 15 is 0 Å². The van der Waals surface area contributed by atoms with Gasteiger partial charge in [0.1, 0.15) is 12.7 Å². The number of aliphatic carboxylic acids is 1. The number of carbonyl (C=O) groups is 2. The van der Waals surface area contributed by atoms with Gasteiger partial charge in [0.15, 0.2) is 11.4 Å². The van der Waals surface area contributed by atoms with Crippen LogP contribution in [0.1, 0.15) is 69.2 Å². The van der Waals surface area contributed by atoms with E-state index in [9.17, 15) is 27.9 Å². The van der Waals surface area contributed by atoms with Gasteiger partial charge in [-0.2, -0.15) is 17.9 Å². The molecule has 2 aromatic heterocycles. The van der Waals surface area contributed by atoms with Crippen molar-refractivity contribution in [2.45, 2.75) is 82.5 Å². The number of aryl methyl sites for hydroxylation is 2. The lowest BCUT2D eigenvalue weighted by Gasteiger charge is -2.28.